The third kappa shape index (κ3) is 3.31. The van der Waals surface area contributed by atoms with E-state index in [1.165, 1.54) is 0 Å². The van der Waals surface area contributed by atoms with Crippen LogP contribution in [-0.2, 0) is 23.2 Å². The molecule has 1 N–H and O–H groups in total. The van der Waals surface area contributed by atoms with Crippen LogP contribution in [0.5, 0.6) is 5.75 Å². The van der Waals surface area contributed by atoms with Gasteiger partial charge in [0.2, 0.25) is 11.8 Å². The number of amides is 2. The summed E-state index contributed by atoms with van der Waals surface area (Å²) in [5.74, 6) is 0.965. The molecule has 1 saturated heterocycles. The zero-order chi connectivity index (χ0) is 19.7. The zero-order valence-electron chi connectivity index (χ0n) is 15.9. The first-order valence-electron chi connectivity index (χ1n) is 9.19. The van der Waals surface area contributed by atoms with E-state index in [0.717, 1.165) is 28.3 Å². The molecule has 1 fully saturated rings. The van der Waals surface area contributed by atoms with Crippen molar-refractivity contribution in [3.63, 3.8) is 0 Å². The van der Waals surface area contributed by atoms with E-state index >= 15 is 0 Å². The van der Waals surface area contributed by atoms with E-state index < -0.39 is 0 Å². The number of imidazole rings is 1. The van der Waals surface area contributed by atoms with Gasteiger partial charge in [-0.25, -0.2) is 4.98 Å². The number of ether oxygens (including phenoxy) is 1. The molecule has 0 aliphatic carbocycles. The lowest BCUT2D eigenvalue weighted by Gasteiger charge is -2.17. The largest absolute Gasteiger partial charge is 0.497 e. The number of anilines is 1. The van der Waals surface area contributed by atoms with Crippen molar-refractivity contribution < 1.29 is 14.3 Å². The maximum Gasteiger partial charge on any atom is 0.227 e. The van der Waals surface area contributed by atoms with Crippen LogP contribution in [0.15, 0.2) is 48.5 Å². The Bertz CT molecular complexity index is 1030. The number of carbonyl (C=O) groups is 2. The molecule has 1 aliphatic heterocycles. The van der Waals surface area contributed by atoms with Gasteiger partial charge in [-0.15, -0.1) is 0 Å². The van der Waals surface area contributed by atoms with Gasteiger partial charge in [-0.05, 0) is 36.4 Å². The average Bonchev–Trinajstić information content (AvgIpc) is 3.27. The van der Waals surface area contributed by atoms with Crippen LogP contribution in [0.2, 0.25) is 0 Å². The third-order valence-corrected chi connectivity index (χ3v) is 5.18. The number of carbonyl (C=O) groups excluding carboxylic acids is 2. The van der Waals surface area contributed by atoms with E-state index in [4.69, 9.17) is 4.74 Å². The highest BCUT2D eigenvalue weighted by Crippen LogP contribution is 2.27. The van der Waals surface area contributed by atoms with Gasteiger partial charge in [0.1, 0.15) is 11.6 Å². The van der Waals surface area contributed by atoms with Gasteiger partial charge in [0.15, 0.2) is 0 Å². The van der Waals surface area contributed by atoms with Crippen molar-refractivity contribution in [1.82, 2.24) is 14.9 Å². The molecule has 2 heterocycles. The van der Waals surface area contributed by atoms with Crippen LogP contribution in [0.3, 0.4) is 0 Å². The molecule has 0 saturated carbocycles. The Balaban J connectivity index is 1.41. The van der Waals surface area contributed by atoms with Gasteiger partial charge in [-0.1, -0.05) is 12.1 Å². The zero-order valence-corrected chi connectivity index (χ0v) is 15.9. The predicted octanol–water partition coefficient (Wildman–Crippen LogP) is 2.25. The number of hydrogen-bond acceptors (Lipinski definition) is 4. The van der Waals surface area contributed by atoms with Crippen LogP contribution in [0.4, 0.5) is 5.69 Å². The monoisotopic (exact) mass is 378 g/mol. The Kier molecular flexibility index (Phi) is 4.73. The fourth-order valence-electron chi connectivity index (χ4n) is 3.56. The fraction of sp³-hybridized carbons (Fsp3) is 0.286. The lowest BCUT2D eigenvalue weighted by molar-refractivity contribution is -0.126. The first kappa shape index (κ1) is 18.0. The van der Waals surface area contributed by atoms with E-state index in [1.807, 2.05) is 60.1 Å². The highest BCUT2D eigenvalue weighted by molar-refractivity contribution is 6.00. The molecule has 4 rings (SSSR count). The SMILES string of the molecule is COc1ccc(N2CC(C(=O)NCc3nc4ccccc4n3C)CC2=O)cc1. The van der Waals surface area contributed by atoms with Gasteiger partial charge in [0, 0.05) is 25.7 Å². The standard InChI is InChI=1S/C21H22N4O3/c1-24-18-6-4-3-5-17(18)23-19(24)12-22-21(27)14-11-20(26)25(13-14)15-7-9-16(28-2)10-8-15/h3-10,14H,11-13H2,1-2H3,(H,22,27). The highest BCUT2D eigenvalue weighted by Gasteiger charge is 2.35. The lowest BCUT2D eigenvalue weighted by atomic mass is 10.1. The Morgan fingerprint density at radius 1 is 1.21 bits per heavy atom. The number of nitrogens with zero attached hydrogens (tertiary/aromatic N) is 3. The van der Waals surface area contributed by atoms with E-state index in [1.54, 1.807) is 12.0 Å². The molecule has 7 nitrogen and oxygen atoms in total. The molecule has 1 atom stereocenters. The van der Waals surface area contributed by atoms with Crippen LogP contribution < -0.4 is 15.0 Å². The minimum Gasteiger partial charge on any atom is -0.497 e. The van der Waals surface area contributed by atoms with E-state index in [0.29, 0.717) is 13.1 Å². The Labute approximate surface area is 162 Å². The van der Waals surface area contributed by atoms with Crippen molar-refractivity contribution in [3.8, 4) is 5.75 Å². The summed E-state index contributed by atoms with van der Waals surface area (Å²) in [6.07, 6.45) is 0.209. The molecular weight excluding hydrogens is 356 g/mol. The molecule has 0 spiro atoms. The molecule has 0 radical (unpaired) electrons. The van der Waals surface area contributed by atoms with E-state index in [2.05, 4.69) is 10.3 Å². The first-order valence-corrected chi connectivity index (χ1v) is 9.19. The molecular formula is C21H22N4O3. The summed E-state index contributed by atoms with van der Waals surface area (Å²) in [5, 5.41) is 2.93. The number of rotatable bonds is 5. The van der Waals surface area contributed by atoms with Crippen molar-refractivity contribution in [2.75, 3.05) is 18.6 Å². The van der Waals surface area contributed by atoms with Crippen molar-refractivity contribution in [3.05, 3.63) is 54.4 Å². The van der Waals surface area contributed by atoms with Gasteiger partial charge in [-0.2, -0.15) is 0 Å². The second-order valence-corrected chi connectivity index (χ2v) is 6.90. The van der Waals surface area contributed by atoms with Crippen LogP contribution in [0, 0.1) is 5.92 Å². The van der Waals surface area contributed by atoms with Gasteiger partial charge in [-0.3, -0.25) is 9.59 Å². The Morgan fingerprint density at radius 3 is 2.68 bits per heavy atom. The van der Waals surface area contributed by atoms with E-state index in [9.17, 15) is 9.59 Å². The Hall–Kier alpha value is -3.35. The summed E-state index contributed by atoms with van der Waals surface area (Å²) in [6.45, 7) is 0.705. The molecule has 1 aliphatic rings. The summed E-state index contributed by atoms with van der Waals surface area (Å²) >= 11 is 0. The molecule has 2 aromatic carbocycles. The van der Waals surface area contributed by atoms with Gasteiger partial charge >= 0.3 is 0 Å². The van der Waals surface area contributed by atoms with Crippen molar-refractivity contribution in [2.24, 2.45) is 13.0 Å². The van der Waals surface area contributed by atoms with Gasteiger partial charge < -0.3 is 19.5 Å². The number of benzene rings is 2. The number of aryl methyl sites for hydroxylation is 1. The van der Waals surface area contributed by atoms with Crippen LogP contribution >= 0.6 is 0 Å². The molecule has 1 unspecified atom stereocenters. The summed E-state index contributed by atoms with van der Waals surface area (Å²) in [4.78, 5) is 31.2. The van der Waals surface area contributed by atoms with Crippen LogP contribution in [-0.4, -0.2) is 35.0 Å². The van der Waals surface area contributed by atoms with Gasteiger partial charge in [0.05, 0.1) is 30.6 Å². The maximum atomic E-state index is 12.6. The topological polar surface area (TPSA) is 76.5 Å². The second-order valence-electron chi connectivity index (χ2n) is 6.90. The summed E-state index contributed by atoms with van der Waals surface area (Å²) in [5.41, 5.74) is 2.70. The van der Waals surface area contributed by atoms with Gasteiger partial charge in [0.25, 0.3) is 0 Å². The number of para-hydroxylation sites is 2. The lowest BCUT2D eigenvalue weighted by Crippen LogP contribution is -2.33. The molecule has 3 aromatic rings. The number of methoxy groups -OCH3 is 1. The third-order valence-electron chi connectivity index (χ3n) is 5.18. The van der Waals surface area contributed by atoms with Crippen LogP contribution in [0.25, 0.3) is 11.0 Å². The molecule has 0 bridgehead atoms. The van der Waals surface area contributed by atoms with Crippen molar-refractivity contribution in [2.45, 2.75) is 13.0 Å². The summed E-state index contributed by atoms with van der Waals surface area (Å²) in [7, 11) is 3.53. The number of nitrogens with one attached hydrogen (secondary N) is 1. The minimum atomic E-state index is -0.371. The second kappa shape index (κ2) is 7.34. The quantitative estimate of drug-likeness (QED) is 0.739. The molecule has 2 amide bonds. The van der Waals surface area contributed by atoms with Crippen molar-refractivity contribution >= 4 is 28.5 Å². The van der Waals surface area contributed by atoms with E-state index in [-0.39, 0.29) is 24.2 Å². The average molecular weight is 378 g/mol. The number of fused-ring (bicyclic) bond motifs is 1. The maximum absolute atomic E-state index is 12.6. The molecule has 1 aromatic heterocycles. The molecule has 144 valence electrons. The first-order chi connectivity index (χ1) is 13.6. The minimum absolute atomic E-state index is 0.0481. The fourth-order valence-corrected chi connectivity index (χ4v) is 3.56. The molecule has 7 heteroatoms. The predicted molar refractivity (Wildman–Crippen MR) is 106 cm³/mol. The molecule has 28 heavy (non-hydrogen) atoms. The van der Waals surface area contributed by atoms with Crippen molar-refractivity contribution in [1.29, 1.82) is 0 Å². The summed E-state index contributed by atoms with van der Waals surface area (Å²) < 4.78 is 7.12. The smallest absolute Gasteiger partial charge is 0.227 e. The van der Waals surface area contributed by atoms with Crippen LogP contribution in [0.1, 0.15) is 12.2 Å². The highest BCUT2D eigenvalue weighted by atomic mass is 16.5. The summed E-state index contributed by atoms with van der Waals surface area (Å²) in [6, 6.07) is 15.1. The Morgan fingerprint density at radius 2 is 1.96 bits per heavy atom. The normalized spacial score (nSPS) is 16.6. The number of hydrogen-bond donors (Lipinski definition) is 1. The number of aromatic nitrogens is 2.